The van der Waals surface area contributed by atoms with E-state index in [0.717, 1.165) is 31.9 Å². The second kappa shape index (κ2) is 7.75. The number of anilines is 1. The summed E-state index contributed by atoms with van der Waals surface area (Å²) >= 11 is 0. The Hall–Kier alpha value is -2.14. The van der Waals surface area contributed by atoms with E-state index < -0.39 is 0 Å². The number of aliphatic imine (C=N–C) groups is 1. The third-order valence-corrected chi connectivity index (χ3v) is 3.30. The maximum Gasteiger partial charge on any atom is 0.363 e. The van der Waals surface area contributed by atoms with Gasteiger partial charge in [-0.1, -0.05) is 26.0 Å². The largest absolute Gasteiger partial charge is 0.407 e. The minimum atomic E-state index is -0.389. The first kappa shape index (κ1) is 16.2. The smallest absolute Gasteiger partial charge is 0.363 e. The van der Waals surface area contributed by atoms with Crippen LogP contribution < -0.4 is 4.90 Å². The number of nitrogens with zero attached hydrogens (tertiary/aromatic N) is 2. The van der Waals surface area contributed by atoms with Crippen LogP contribution in [0.15, 0.2) is 35.0 Å². The SMILES string of the molecule is CC.CC1=N/C(=C\c2ccc(N3CCOCC3)cc2)C(=O)O1. The molecule has 0 spiro atoms. The van der Waals surface area contributed by atoms with Crippen molar-refractivity contribution in [3.8, 4) is 0 Å². The van der Waals surface area contributed by atoms with Crippen LogP contribution in [0.3, 0.4) is 0 Å². The number of hydrogen-bond donors (Lipinski definition) is 0. The molecule has 0 aliphatic carbocycles. The number of morpholine rings is 1. The number of hydrogen-bond acceptors (Lipinski definition) is 5. The van der Waals surface area contributed by atoms with Crippen molar-refractivity contribution in [2.45, 2.75) is 20.8 Å². The summed E-state index contributed by atoms with van der Waals surface area (Å²) in [4.78, 5) is 17.8. The van der Waals surface area contributed by atoms with Gasteiger partial charge in [0.1, 0.15) is 0 Å². The summed E-state index contributed by atoms with van der Waals surface area (Å²) in [5.41, 5.74) is 2.46. The number of rotatable bonds is 2. The maximum atomic E-state index is 11.5. The lowest BCUT2D eigenvalue weighted by atomic mass is 10.1. The van der Waals surface area contributed by atoms with E-state index >= 15 is 0 Å². The van der Waals surface area contributed by atoms with Crippen LogP contribution >= 0.6 is 0 Å². The second-order valence-electron chi connectivity index (χ2n) is 4.74. The fourth-order valence-corrected chi connectivity index (χ4v) is 2.28. The van der Waals surface area contributed by atoms with Crippen LogP contribution in [-0.4, -0.2) is 38.2 Å². The Bertz CT molecular complexity index is 570. The van der Waals surface area contributed by atoms with Crippen LogP contribution in [0, 0.1) is 0 Å². The third kappa shape index (κ3) is 3.95. The molecule has 0 unspecified atom stereocenters. The molecule has 118 valence electrons. The number of cyclic esters (lactones) is 1. The minimum Gasteiger partial charge on any atom is -0.407 e. The molecule has 3 rings (SSSR count). The number of esters is 1. The van der Waals surface area contributed by atoms with Crippen LogP contribution in [0.25, 0.3) is 6.08 Å². The molecule has 0 amide bonds. The van der Waals surface area contributed by atoms with Gasteiger partial charge in [0.15, 0.2) is 11.6 Å². The highest BCUT2D eigenvalue weighted by Crippen LogP contribution is 2.20. The molecule has 2 aliphatic heterocycles. The standard InChI is InChI=1S/C15H16N2O3.C2H6/c1-11-16-14(15(18)20-11)10-12-2-4-13(5-3-12)17-6-8-19-9-7-17;1-2/h2-5,10H,6-9H2,1H3;1-2H3/b14-10-;. The molecule has 2 aliphatic rings. The second-order valence-corrected chi connectivity index (χ2v) is 4.74. The highest BCUT2D eigenvalue weighted by Gasteiger charge is 2.19. The van der Waals surface area contributed by atoms with E-state index in [1.807, 2.05) is 26.0 Å². The van der Waals surface area contributed by atoms with E-state index in [0.29, 0.717) is 11.6 Å². The summed E-state index contributed by atoms with van der Waals surface area (Å²) in [6.07, 6.45) is 1.74. The van der Waals surface area contributed by atoms with Crippen LogP contribution in [0.1, 0.15) is 26.3 Å². The van der Waals surface area contributed by atoms with E-state index in [1.165, 1.54) is 5.69 Å². The lowest BCUT2D eigenvalue weighted by Gasteiger charge is -2.28. The molecule has 0 atom stereocenters. The predicted octanol–water partition coefficient (Wildman–Crippen LogP) is 2.87. The molecule has 5 heteroatoms. The van der Waals surface area contributed by atoms with Crippen LogP contribution in [-0.2, 0) is 14.3 Å². The lowest BCUT2D eigenvalue weighted by molar-refractivity contribution is -0.130. The van der Waals surface area contributed by atoms with Crippen LogP contribution in [0.4, 0.5) is 5.69 Å². The molecular weight excluding hydrogens is 280 g/mol. The molecule has 1 aromatic carbocycles. The van der Waals surface area contributed by atoms with Gasteiger partial charge in [-0.05, 0) is 23.8 Å². The Balaban J connectivity index is 0.000000847. The Morgan fingerprint density at radius 2 is 1.77 bits per heavy atom. The van der Waals surface area contributed by atoms with Crippen molar-refractivity contribution in [1.29, 1.82) is 0 Å². The average Bonchev–Trinajstić information content (AvgIpc) is 2.88. The molecule has 1 saturated heterocycles. The van der Waals surface area contributed by atoms with Crippen molar-refractivity contribution in [3.63, 3.8) is 0 Å². The molecule has 5 nitrogen and oxygen atoms in total. The Morgan fingerprint density at radius 1 is 1.14 bits per heavy atom. The minimum absolute atomic E-state index is 0.349. The fraction of sp³-hybridized carbons (Fsp3) is 0.412. The zero-order valence-electron chi connectivity index (χ0n) is 13.3. The van der Waals surface area contributed by atoms with E-state index in [9.17, 15) is 4.79 Å². The molecule has 1 fully saturated rings. The Labute approximate surface area is 131 Å². The van der Waals surface area contributed by atoms with Crippen molar-refractivity contribution in [2.24, 2.45) is 4.99 Å². The zero-order valence-corrected chi connectivity index (χ0v) is 13.3. The molecular formula is C17H22N2O3. The van der Waals surface area contributed by atoms with Gasteiger partial charge in [0.2, 0.25) is 0 Å². The fourth-order valence-electron chi connectivity index (χ4n) is 2.28. The number of benzene rings is 1. The summed E-state index contributed by atoms with van der Waals surface area (Å²) < 4.78 is 10.2. The van der Waals surface area contributed by atoms with Crippen molar-refractivity contribution >= 4 is 23.6 Å². The molecule has 22 heavy (non-hydrogen) atoms. The van der Waals surface area contributed by atoms with Crippen molar-refractivity contribution in [2.75, 3.05) is 31.2 Å². The number of carbonyl (C=O) groups excluding carboxylic acids is 1. The van der Waals surface area contributed by atoms with Gasteiger partial charge in [-0.2, -0.15) is 0 Å². The summed E-state index contributed by atoms with van der Waals surface area (Å²) in [6, 6.07) is 8.06. The van der Waals surface area contributed by atoms with E-state index in [2.05, 4.69) is 22.0 Å². The van der Waals surface area contributed by atoms with Gasteiger partial charge in [-0.3, -0.25) is 0 Å². The van der Waals surface area contributed by atoms with Crippen molar-refractivity contribution in [3.05, 3.63) is 35.5 Å². The van der Waals surface area contributed by atoms with Gasteiger partial charge >= 0.3 is 5.97 Å². The van der Waals surface area contributed by atoms with Crippen molar-refractivity contribution in [1.82, 2.24) is 0 Å². The first-order chi connectivity index (χ1) is 10.7. The molecule has 0 aromatic heterocycles. The van der Waals surface area contributed by atoms with Gasteiger partial charge in [0, 0.05) is 25.7 Å². The molecule has 0 N–H and O–H groups in total. The highest BCUT2D eigenvalue weighted by atomic mass is 16.6. The molecule has 2 heterocycles. The normalized spacial score (nSPS) is 19.4. The molecule has 0 bridgehead atoms. The number of carbonyl (C=O) groups is 1. The van der Waals surface area contributed by atoms with Crippen LogP contribution in [0.5, 0.6) is 0 Å². The van der Waals surface area contributed by atoms with Gasteiger partial charge < -0.3 is 14.4 Å². The Kier molecular flexibility index (Phi) is 5.72. The predicted molar refractivity (Wildman–Crippen MR) is 88.0 cm³/mol. The molecule has 0 radical (unpaired) electrons. The number of ether oxygens (including phenoxy) is 2. The van der Waals surface area contributed by atoms with Gasteiger partial charge in [0.25, 0.3) is 0 Å². The average molecular weight is 302 g/mol. The first-order valence-corrected chi connectivity index (χ1v) is 7.64. The quantitative estimate of drug-likeness (QED) is 0.622. The zero-order chi connectivity index (χ0) is 15.9. The summed E-state index contributed by atoms with van der Waals surface area (Å²) in [6.45, 7) is 9.03. The molecule has 0 saturated carbocycles. The van der Waals surface area contributed by atoms with Gasteiger partial charge in [-0.25, -0.2) is 9.79 Å². The summed E-state index contributed by atoms with van der Waals surface area (Å²) in [7, 11) is 0. The monoisotopic (exact) mass is 302 g/mol. The van der Waals surface area contributed by atoms with E-state index in [4.69, 9.17) is 9.47 Å². The lowest BCUT2D eigenvalue weighted by Crippen LogP contribution is -2.36. The van der Waals surface area contributed by atoms with Gasteiger partial charge in [-0.15, -0.1) is 0 Å². The van der Waals surface area contributed by atoms with Crippen LogP contribution in [0.2, 0.25) is 0 Å². The summed E-state index contributed by atoms with van der Waals surface area (Å²) in [5.74, 6) is 0.00550. The van der Waals surface area contributed by atoms with E-state index in [-0.39, 0.29) is 5.97 Å². The van der Waals surface area contributed by atoms with E-state index in [1.54, 1.807) is 13.0 Å². The highest BCUT2D eigenvalue weighted by molar-refractivity contribution is 6.06. The first-order valence-electron chi connectivity index (χ1n) is 7.64. The van der Waals surface area contributed by atoms with Gasteiger partial charge in [0.05, 0.1) is 13.2 Å². The Morgan fingerprint density at radius 3 is 2.32 bits per heavy atom. The maximum absolute atomic E-state index is 11.5. The summed E-state index contributed by atoms with van der Waals surface area (Å²) in [5, 5.41) is 0. The third-order valence-electron chi connectivity index (χ3n) is 3.30. The molecule has 1 aromatic rings. The topological polar surface area (TPSA) is 51.1 Å². The van der Waals surface area contributed by atoms with Crippen molar-refractivity contribution < 1.29 is 14.3 Å².